The van der Waals surface area contributed by atoms with Crippen LogP contribution in [0.5, 0.6) is 11.5 Å². The number of Topliss-reactive ketones (excluding diaryl/α,β-unsaturated/α-hetero) is 1. The molecule has 1 unspecified atom stereocenters. The quantitative estimate of drug-likeness (QED) is 0.339. The number of unbranched alkanes of at least 4 members (excludes halogenated alkanes) is 1. The SMILES string of the molecule is CCCCSc1nc2c(c(=O)[nH]1)C(c1ccc(OC)c(OC)c1)C1=C(CC(C)(C)CC1=O)N2. The molecule has 1 aliphatic heterocycles. The van der Waals surface area contributed by atoms with Crippen molar-refractivity contribution >= 4 is 23.4 Å². The number of nitrogens with one attached hydrogen (secondary N) is 2. The topological polar surface area (TPSA) is 93.3 Å². The fraction of sp³-hybridized carbons (Fsp3) is 0.480. The second-order valence-electron chi connectivity index (χ2n) is 9.34. The van der Waals surface area contributed by atoms with Gasteiger partial charge in [0.25, 0.3) is 5.56 Å². The van der Waals surface area contributed by atoms with Crippen LogP contribution in [-0.2, 0) is 4.79 Å². The number of methoxy groups -OCH3 is 2. The van der Waals surface area contributed by atoms with Gasteiger partial charge in [0.05, 0.1) is 19.8 Å². The first-order valence-electron chi connectivity index (χ1n) is 11.3. The highest BCUT2D eigenvalue weighted by atomic mass is 32.2. The number of aromatic nitrogens is 2. The van der Waals surface area contributed by atoms with Gasteiger partial charge in [-0.3, -0.25) is 9.59 Å². The zero-order chi connectivity index (χ0) is 23.8. The van der Waals surface area contributed by atoms with E-state index in [4.69, 9.17) is 14.5 Å². The Hall–Kier alpha value is -2.74. The van der Waals surface area contributed by atoms with E-state index in [1.807, 2.05) is 18.2 Å². The lowest BCUT2D eigenvalue weighted by atomic mass is 9.69. The van der Waals surface area contributed by atoms with Gasteiger partial charge >= 0.3 is 0 Å². The van der Waals surface area contributed by atoms with Gasteiger partial charge in [-0.2, -0.15) is 0 Å². The molecule has 7 nitrogen and oxygen atoms in total. The van der Waals surface area contributed by atoms with Crippen molar-refractivity contribution in [3.8, 4) is 11.5 Å². The monoisotopic (exact) mass is 469 g/mol. The van der Waals surface area contributed by atoms with E-state index in [2.05, 4.69) is 31.1 Å². The minimum absolute atomic E-state index is 0.0555. The zero-order valence-corrected chi connectivity index (χ0v) is 20.6. The summed E-state index contributed by atoms with van der Waals surface area (Å²) in [5.41, 5.74) is 2.38. The predicted molar refractivity (Wildman–Crippen MR) is 131 cm³/mol. The summed E-state index contributed by atoms with van der Waals surface area (Å²) in [6.45, 7) is 6.32. The molecule has 0 saturated carbocycles. The number of aromatic amines is 1. The molecule has 0 saturated heterocycles. The van der Waals surface area contributed by atoms with Crippen LogP contribution in [0.3, 0.4) is 0 Å². The molecule has 0 amide bonds. The van der Waals surface area contributed by atoms with Gasteiger partial charge in [-0.1, -0.05) is 45.0 Å². The van der Waals surface area contributed by atoms with Gasteiger partial charge in [-0.05, 0) is 36.0 Å². The lowest BCUT2D eigenvalue weighted by Crippen LogP contribution is -2.37. The molecule has 2 N–H and O–H groups in total. The fourth-order valence-electron chi connectivity index (χ4n) is 4.64. The molecule has 4 rings (SSSR count). The van der Waals surface area contributed by atoms with Gasteiger partial charge in [0.15, 0.2) is 22.4 Å². The number of rotatable bonds is 7. The molecule has 0 fully saturated rings. The number of hydrogen-bond acceptors (Lipinski definition) is 7. The van der Waals surface area contributed by atoms with Gasteiger partial charge in [0, 0.05) is 29.4 Å². The zero-order valence-electron chi connectivity index (χ0n) is 19.8. The Balaban J connectivity index is 1.89. The number of carbonyl (C=O) groups is 1. The summed E-state index contributed by atoms with van der Waals surface area (Å²) < 4.78 is 10.9. The van der Waals surface area contributed by atoms with E-state index in [1.165, 1.54) is 0 Å². The van der Waals surface area contributed by atoms with Crippen LogP contribution in [0.1, 0.15) is 63.5 Å². The first-order chi connectivity index (χ1) is 15.8. The highest BCUT2D eigenvalue weighted by Gasteiger charge is 2.42. The van der Waals surface area contributed by atoms with Gasteiger partial charge < -0.3 is 19.8 Å². The smallest absolute Gasteiger partial charge is 0.257 e. The Morgan fingerprint density at radius 2 is 1.91 bits per heavy atom. The molecule has 1 aromatic carbocycles. The average Bonchev–Trinajstić information content (AvgIpc) is 2.76. The number of ether oxygens (including phenoxy) is 2. The Kier molecular flexibility index (Phi) is 6.56. The number of anilines is 1. The lowest BCUT2D eigenvalue weighted by molar-refractivity contribution is -0.118. The van der Waals surface area contributed by atoms with E-state index in [1.54, 1.807) is 26.0 Å². The van der Waals surface area contributed by atoms with Crippen LogP contribution < -0.4 is 20.3 Å². The second kappa shape index (κ2) is 9.25. The molecule has 176 valence electrons. The van der Waals surface area contributed by atoms with Gasteiger partial charge in [-0.25, -0.2) is 4.98 Å². The largest absolute Gasteiger partial charge is 0.493 e. The van der Waals surface area contributed by atoms with Crippen molar-refractivity contribution in [3.05, 3.63) is 50.9 Å². The van der Waals surface area contributed by atoms with Crippen molar-refractivity contribution in [2.24, 2.45) is 5.41 Å². The van der Waals surface area contributed by atoms with Crippen LogP contribution in [0.2, 0.25) is 0 Å². The average molecular weight is 470 g/mol. The van der Waals surface area contributed by atoms with Crippen molar-refractivity contribution in [2.45, 2.75) is 57.5 Å². The fourth-order valence-corrected chi connectivity index (χ4v) is 5.59. The third kappa shape index (κ3) is 4.53. The summed E-state index contributed by atoms with van der Waals surface area (Å²) in [5.74, 6) is 2.09. The summed E-state index contributed by atoms with van der Waals surface area (Å²) in [7, 11) is 3.16. The van der Waals surface area contributed by atoms with E-state index in [0.29, 0.717) is 46.5 Å². The molecule has 0 bridgehead atoms. The van der Waals surface area contributed by atoms with Crippen molar-refractivity contribution < 1.29 is 14.3 Å². The molecule has 1 aliphatic carbocycles. The summed E-state index contributed by atoms with van der Waals surface area (Å²) in [6.07, 6.45) is 3.27. The molecule has 1 aromatic heterocycles. The third-order valence-corrected chi connectivity index (χ3v) is 7.14. The highest BCUT2D eigenvalue weighted by Crippen LogP contribution is 2.48. The maximum atomic E-state index is 13.4. The van der Waals surface area contributed by atoms with Crippen LogP contribution in [0.15, 0.2) is 39.4 Å². The maximum absolute atomic E-state index is 13.4. The standard InChI is InChI=1S/C25H31N3O4S/c1-6-7-10-33-24-27-22-21(23(30)28-24)19(14-8-9-17(31-4)18(11-14)32-5)20-15(26-22)12-25(2,3)13-16(20)29/h8-9,11,19H,6-7,10,12-13H2,1-5H3,(H2,26,27,28,30). The molecular formula is C25H31N3O4S. The molecular weight excluding hydrogens is 438 g/mol. The number of allylic oxidation sites excluding steroid dienone is 2. The van der Waals surface area contributed by atoms with Gasteiger partial charge in [-0.15, -0.1) is 0 Å². The van der Waals surface area contributed by atoms with Gasteiger partial charge in [0.2, 0.25) is 0 Å². The molecule has 0 spiro atoms. The highest BCUT2D eigenvalue weighted by molar-refractivity contribution is 7.99. The van der Waals surface area contributed by atoms with Gasteiger partial charge in [0.1, 0.15) is 5.82 Å². The number of hydrogen-bond donors (Lipinski definition) is 2. The first-order valence-corrected chi connectivity index (χ1v) is 12.3. The van der Waals surface area contributed by atoms with Crippen molar-refractivity contribution in [2.75, 3.05) is 25.3 Å². The second-order valence-corrected chi connectivity index (χ2v) is 10.4. The maximum Gasteiger partial charge on any atom is 0.257 e. The third-order valence-electron chi connectivity index (χ3n) is 6.18. The van der Waals surface area contributed by atoms with E-state index in [0.717, 1.165) is 29.9 Å². The number of H-pyrrole nitrogens is 1. The molecule has 2 aliphatic rings. The van der Waals surface area contributed by atoms with E-state index in [-0.39, 0.29) is 16.8 Å². The van der Waals surface area contributed by atoms with Crippen molar-refractivity contribution in [1.82, 2.24) is 9.97 Å². The summed E-state index contributed by atoms with van der Waals surface area (Å²) in [5, 5.41) is 3.96. The lowest BCUT2D eigenvalue weighted by Gasteiger charge is -2.38. The number of carbonyl (C=O) groups excluding carboxylic acids is 1. The molecule has 2 heterocycles. The number of nitrogens with zero attached hydrogens (tertiary/aromatic N) is 1. The van der Waals surface area contributed by atoms with Crippen LogP contribution in [-0.4, -0.2) is 35.7 Å². The molecule has 2 aromatic rings. The number of thioether (sulfide) groups is 1. The summed E-state index contributed by atoms with van der Waals surface area (Å²) >= 11 is 1.54. The van der Waals surface area contributed by atoms with Crippen LogP contribution in [0.25, 0.3) is 0 Å². The minimum atomic E-state index is -0.523. The van der Waals surface area contributed by atoms with Crippen molar-refractivity contribution in [3.63, 3.8) is 0 Å². The van der Waals surface area contributed by atoms with Crippen LogP contribution in [0.4, 0.5) is 5.82 Å². The van der Waals surface area contributed by atoms with E-state index in [9.17, 15) is 9.59 Å². The predicted octanol–water partition coefficient (Wildman–Crippen LogP) is 4.88. The number of benzene rings is 1. The molecule has 1 atom stereocenters. The van der Waals surface area contributed by atoms with Crippen LogP contribution >= 0.6 is 11.8 Å². The minimum Gasteiger partial charge on any atom is -0.493 e. The molecule has 33 heavy (non-hydrogen) atoms. The van der Waals surface area contributed by atoms with Crippen molar-refractivity contribution in [1.29, 1.82) is 0 Å². The Morgan fingerprint density at radius 1 is 1.15 bits per heavy atom. The van der Waals surface area contributed by atoms with E-state index < -0.39 is 5.92 Å². The Bertz CT molecular complexity index is 1170. The number of fused-ring (bicyclic) bond motifs is 1. The van der Waals surface area contributed by atoms with Crippen LogP contribution in [0, 0.1) is 5.41 Å². The summed E-state index contributed by atoms with van der Waals surface area (Å²) in [4.78, 5) is 34.4. The summed E-state index contributed by atoms with van der Waals surface area (Å²) in [6, 6.07) is 5.55. The molecule has 0 radical (unpaired) electrons. The Labute approximate surface area is 198 Å². The molecule has 8 heteroatoms. The Morgan fingerprint density at radius 3 is 2.61 bits per heavy atom. The van der Waals surface area contributed by atoms with E-state index >= 15 is 0 Å². The normalized spacial score (nSPS) is 18.9. The number of ketones is 1. The first kappa shape index (κ1) is 23.4.